The van der Waals surface area contributed by atoms with Gasteiger partial charge in [0.2, 0.25) is 0 Å². The molecular weight excluding hydrogens is 264 g/mol. The Labute approximate surface area is 125 Å². The van der Waals surface area contributed by atoms with Gasteiger partial charge in [-0.05, 0) is 48.2 Å². The number of hydrogen-bond acceptors (Lipinski definition) is 3. The van der Waals surface area contributed by atoms with Crippen molar-refractivity contribution in [1.29, 1.82) is 0 Å². The van der Waals surface area contributed by atoms with E-state index in [0.717, 1.165) is 17.5 Å². The van der Waals surface area contributed by atoms with E-state index < -0.39 is 5.60 Å². The Morgan fingerprint density at radius 2 is 1.33 bits per heavy atom. The highest BCUT2D eigenvalue weighted by Gasteiger charge is 2.36. The van der Waals surface area contributed by atoms with Gasteiger partial charge in [0, 0.05) is 5.92 Å². The van der Waals surface area contributed by atoms with Crippen LogP contribution in [0.5, 0.6) is 11.5 Å². The van der Waals surface area contributed by atoms with Crippen molar-refractivity contribution in [3.63, 3.8) is 0 Å². The molecule has 0 aromatic heterocycles. The minimum absolute atomic E-state index is 0.0763. The van der Waals surface area contributed by atoms with E-state index >= 15 is 0 Å². The van der Waals surface area contributed by atoms with Gasteiger partial charge in [-0.2, -0.15) is 0 Å². The standard InChI is InChI=1S/C18H22O3/c1-3-17(13-5-9-15(19)10-6-13)18(21,4-2)14-7-11-16(20)12-8-14/h5-12,17,19-21H,3-4H2,1-2H3/t17-,18+/m0/s1. The molecule has 112 valence electrons. The van der Waals surface area contributed by atoms with Gasteiger partial charge in [-0.15, -0.1) is 0 Å². The van der Waals surface area contributed by atoms with E-state index in [1.165, 1.54) is 0 Å². The quantitative estimate of drug-likeness (QED) is 0.781. The molecule has 0 heterocycles. The van der Waals surface area contributed by atoms with Gasteiger partial charge >= 0.3 is 0 Å². The molecule has 0 unspecified atom stereocenters. The normalized spacial score (nSPS) is 15.4. The first-order valence-corrected chi connectivity index (χ1v) is 7.32. The molecule has 3 heteroatoms. The molecule has 0 fully saturated rings. The second-order valence-corrected chi connectivity index (χ2v) is 5.38. The summed E-state index contributed by atoms with van der Waals surface area (Å²) in [4.78, 5) is 0. The lowest BCUT2D eigenvalue weighted by Crippen LogP contribution is -2.32. The highest BCUT2D eigenvalue weighted by Crippen LogP contribution is 2.42. The van der Waals surface area contributed by atoms with Crippen LogP contribution in [0.3, 0.4) is 0 Å². The average molecular weight is 286 g/mol. The predicted molar refractivity (Wildman–Crippen MR) is 83.4 cm³/mol. The first-order valence-electron chi connectivity index (χ1n) is 7.32. The van der Waals surface area contributed by atoms with Gasteiger partial charge in [0.1, 0.15) is 11.5 Å². The molecule has 2 atom stereocenters. The third kappa shape index (κ3) is 3.03. The molecule has 0 aliphatic carbocycles. The van der Waals surface area contributed by atoms with Crippen LogP contribution >= 0.6 is 0 Å². The Morgan fingerprint density at radius 3 is 1.76 bits per heavy atom. The second kappa shape index (κ2) is 6.19. The molecule has 2 rings (SSSR count). The minimum Gasteiger partial charge on any atom is -0.508 e. The van der Waals surface area contributed by atoms with E-state index in [0.29, 0.717) is 6.42 Å². The topological polar surface area (TPSA) is 60.7 Å². The molecule has 2 aromatic rings. The molecule has 0 saturated heterocycles. The Hall–Kier alpha value is -2.00. The van der Waals surface area contributed by atoms with Crippen molar-refractivity contribution >= 4 is 0 Å². The number of rotatable bonds is 5. The van der Waals surface area contributed by atoms with E-state index in [1.807, 2.05) is 26.0 Å². The molecule has 0 amide bonds. The molecule has 21 heavy (non-hydrogen) atoms. The summed E-state index contributed by atoms with van der Waals surface area (Å²) in [6, 6.07) is 13.7. The van der Waals surface area contributed by atoms with Crippen molar-refractivity contribution in [2.45, 2.75) is 38.2 Å². The lowest BCUT2D eigenvalue weighted by atomic mass is 9.74. The zero-order chi connectivity index (χ0) is 15.5. The summed E-state index contributed by atoms with van der Waals surface area (Å²) in [6.07, 6.45) is 1.34. The smallest absolute Gasteiger partial charge is 0.115 e. The van der Waals surface area contributed by atoms with Crippen LogP contribution in [0.2, 0.25) is 0 Å². The highest BCUT2D eigenvalue weighted by atomic mass is 16.3. The van der Waals surface area contributed by atoms with E-state index in [1.54, 1.807) is 36.4 Å². The minimum atomic E-state index is -1.00. The summed E-state index contributed by atoms with van der Waals surface area (Å²) in [5.41, 5.74) is 0.787. The monoisotopic (exact) mass is 286 g/mol. The van der Waals surface area contributed by atoms with Crippen LogP contribution < -0.4 is 0 Å². The summed E-state index contributed by atoms with van der Waals surface area (Å²) in [5, 5.41) is 30.1. The molecule has 3 nitrogen and oxygen atoms in total. The van der Waals surface area contributed by atoms with Crippen LogP contribution in [0.25, 0.3) is 0 Å². The zero-order valence-corrected chi connectivity index (χ0v) is 12.5. The molecule has 0 radical (unpaired) electrons. The van der Waals surface area contributed by atoms with Gasteiger partial charge in [0.15, 0.2) is 0 Å². The van der Waals surface area contributed by atoms with Crippen LogP contribution in [0.1, 0.15) is 43.7 Å². The fraction of sp³-hybridized carbons (Fsp3) is 0.333. The molecule has 0 spiro atoms. The third-order valence-electron chi connectivity index (χ3n) is 4.19. The first kappa shape index (κ1) is 15.4. The third-order valence-corrected chi connectivity index (χ3v) is 4.19. The molecular formula is C18H22O3. The Balaban J connectivity index is 2.45. The zero-order valence-electron chi connectivity index (χ0n) is 12.5. The number of phenolic OH excluding ortho intramolecular Hbond substituents is 2. The van der Waals surface area contributed by atoms with Crippen molar-refractivity contribution < 1.29 is 15.3 Å². The summed E-state index contributed by atoms with van der Waals surface area (Å²) in [5.74, 6) is 0.334. The summed E-state index contributed by atoms with van der Waals surface area (Å²) in [7, 11) is 0. The van der Waals surface area contributed by atoms with Crippen LogP contribution in [0, 0.1) is 0 Å². The first-order chi connectivity index (χ1) is 10.0. The number of benzene rings is 2. The van der Waals surface area contributed by atoms with E-state index in [4.69, 9.17) is 0 Å². The predicted octanol–water partition coefficient (Wildman–Crippen LogP) is 3.89. The van der Waals surface area contributed by atoms with Crippen molar-refractivity contribution in [3.05, 3.63) is 59.7 Å². The number of aliphatic hydroxyl groups is 1. The van der Waals surface area contributed by atoms with Crippen molar-refractivity contribution in [2.24, 2.45) is 0 Å². The lowest BCUT2D eigenvalue weighted by Gasteiger charge is -2.36. The van der Waals surface area contributed by atoms with E-state index in [9.17, 15) is 15.3 Å². The van der Waals surface area contributed by atoms with Crippen LogP contribution in [-0.4, -0.2) is 15.3 Å². The summed E-state index contributed by atoms with van der Waals surface area (Å²) in [6.45, 7) is 3.99. The molecule has 0 bridgehead atoms. The van der Waals surface area contributed by atoms with Crippen LogP contribution in [0.4, 0.5) is 0 Å². The Bertz CT molecular complexity index is 574. The van der Waals surface area contributed by atoms with Crippen molar-refractivity contribution in [2.75, 3.05) is 0 Å². The highest BCUT2D eigenvalue weighted by molar-refractivity contribution is 5.36. The average Bonchev–Trinajstić information content (AvgIpc) is 2.50. The maximum atomic E-state index is 11.2. The van der Waals surface area contributed by atoms with Gasteiger partial charge in [-0.3, -0.25) is 0 Å². The second-order valence-electron chi connectivity index (χ2n) is 5.38. The maximum absolute atomic E-state index is 11.2. The van der Waals surface area contributed by atoms with Gasteiger partial charge in [-0.25, -0.2) is 0 Å². The fourth-order valence-corrected chi connectivity index (χ4v) is 2.96. The maximum Gasteiger partial charge on any atom is 0.115 e. The summed E-state index contributed by atoms with van der Waals surface area (Å²) < 4.78 is 0. The molecule has 0 aliphatic rings. The molecule has 0 aliphatic heterocycles. The lowest BCUT2D eigenvalue weighted by molar-refractivity contribution is 0.00143. The SMILES string of the molecule is CC[C@@H](c1ccc(O)cc1)[C@@](O)(CC)c1ccc(O)cc1. The Kier molecular flexibility index (Phi) is 4.53. The van der Waals surface area contributed by atoms with E-state index in [2.05, 4.69) is 0 Å². The molecule has 0 saturated carbocycles. The number of phenols is 2. The Morgan fingerprint density at radius 1 is 0.857 bits per heavy atom. The van der Waals surface area contributed by atoms with E-state index in [-0.39, 0.29) is 17.4 Å². The van der Waals surface area contributed by atoms with Crippen LogP contribution in [0.15, 0.2) is 48.5 Å². The fourth-order valence-electron chi connectivity index (χ4n) is 2.96. The van der Waals surface area contributed by atoms with Crippen molar-refractivity contribution in [1.82, 2.24) is 0 Å². The number of aromatic hydroxyl groups is 2. The van der Waals surface area contributed by atoms with Gasteiger partial charge < -0.3 is 15.3 Å². The number of hydrogen-bond donors (Lipinski definition) is 3. The van der Waals surface area contributed by atoms with Gasteiger partial charge in [0.05, 0.1) is 5.60 Å². The summed E-state index contributed by atoms with van der Waals surface area (Å²) >= 11 is 0. The molecule has 2 aromatic carbocycles. The van der Waals surface area contributed by atoms with Crippen LogP contribution in [-0.2, 0) is 5.60 Å². The van der Waals surface area contributed by atoms with Gasteiger partial charge in [-0.1, -0.05) is 38.1 Å². The molecule has 3 N–H and O–H groups in total. The van der Waals surface area contributed by atoms with Gasteiger partial charge in [0.25, 0.3) is 0 Å². The largest absolute Gasteiger partial charge is 0.508 e. The van der Waals surface area contributed by atoms with Crippen molar-refractivity contribution in [3.8, 4) is 11.5 Å².